The van der Waals surface area contributed by atoms with Crippen LogP contribution in [-0.4, -0.2) is 36.1 Å². The highest BCUT2D eigenvalue weighted by Gasteiger charge is 2.48. The number of nitrogens with zero attached hydrogens (tertiary/aromatic N) is 2. The number of aromatic nitrogens is 1. The molecule has 0 aromatic carbocycles. The van der Waals surface area contributed by atoms with Crippen LogP contribution < -0.4 is 5.32 Å². The minimum absolute atomic E-state index is 0.167. The van der Waals surface area contributed by atoms with E-state index in [-0.39, 0.29) is 5.54 Å². The average molecular weight is 251 g/mol. The standard InChI is InChI=1S/C13H21N3S/c1-3-14-13(12-15-10(2)9-17-12)5-7-16-6-4-11(13)8-16/h9,11,14H,3-8H2,1-2H3. The fourth-order valence-corrected chi connectivity index (χ4v) is 4.52. The van der Waals surface area contributed by atoms with Gasteiger partial charge in [0.25, 0.3) is 0 Å². The number of thiazole rings is 1. The number of hydrogen-bond acceptors (Lipinski definition) is 4. The highest BCUT2D eigenvalue weighted by Crippen LogP contribution is 2.43. The van der Waals surface area contributed by atoms with Gasteiger partial charge in [0.1, 0.15) is 5.01 Å². The number of hydrogen-bond donors (Lipinski definition) is 1. The second-order valence-electron chi connectivity index (χ2n) is 5.33. The zero-order chi connectivity index (χ0) is 11.9. The molecule has 3 nitrogen and oxygen atoms in total. The summed E-state index contributed by atoms with van der Waals surface area (Å²) in [6.45, 7) is 9.11. The van der Waals surface area contributed by atoms with Crippen molar-refractivity contribution < 1.29 is 0 Å². The van der Waals surface area contributed by atoms with Crippen molar-refractivity contribution in [2.24, 2.45) is 5.92 Å². The van der Waals surface area contributed by atoms with Gasteiger partial charge in [0.05, 0.1) is 5.54 Å². The molecule has 17 heavy (non-hydrogen) atoms. The number of aryl methyl sites for hydroxylation is 1. The van der Waals surface area contributed by atoms with Crippen LogP contribution in [0.2, 0.25) is 0 Å². The lowest BCUT2D eigenvalue weighted by atomic mass is 9.79. The van der Waals surface area contributed by atoms with Gasteiger partial charge in [0, 0.05) is 24.2 Å². The molecule has 0 amide bonds. The van der Waals surface area contributed by atoms with Gasteiger partial charge in [-0.25, -0.2) is 4.98 Å². The molecule has 4 heteroatoms. The molecule has 3 rings (SSSR count). The Kier molecular flexibility index (Phi) is 2.97. The zero-order valence-electron chi connectivity index (χ0n) is 10.7. The van der Waals surface area contributed by atoms with Crippen LogP contribution in [0.4, 0.5) is 0 Å². The van der Waals surface area contributed by atoms with Crippen molar-refractivity contribution in [3.63, 3.8) is 0 Å². The summed E-state index contributed by atoms with van der Waals surface area (Å²) in [6.07, 6.45) is 2.55. The summed E-state index contributed by atoms with van der Waals surface area (Å²) < 4.78 is 0. The average Bonchev–Trinajstić information content (AvgIpc) is 2.92. The molecule has 2 fully saturated rings. The van der Waals surface area contributed by atoms with E-state index in [1.165, 1.54) is 43.2 Å². The molecule has 94 valence electrons. The van der Waals surface area contributed by atoms with Crippen molar-refractivity contribution in [3.05, 3.63) is 16.1 Å². The number of piperidine rings is 1. The van der Waals surface area contributed by atoms with E-state index in [1.807, 2.05) is 11.3 Å². The molecule has 3 unspecified atom stereocenters. The lowest BCUT2D eigenvalue weighted by molar-refractivity contribution is 0.131. The number of rotatable bonds is 3. The molecule has 0 radical (unpaired) electrons. The van der Waals surface area contributed by atoms with Crippen LogP contribution in [0.3, 0.4) is 0 Å². The predicted octanol–water partition coefficient (Wildman–Crippen LogP) is 1.98. The van der Waals surface area contributed by atoms with E-state index in [9.17, 15) is 0 Å². The smallest absolute Gasteiger partial charge is 0.113 e. The van der Waals surface area contributed by atoms with Gasteiger partial charge in [-0.1, -0.05) is 6.92 Å². The maximum Gasteiger partial charge on any atom is 0.113 e. The molecule has 1 N–H and O–H groups in total. The minimum Gasteiger partial charge on any atom is -0.305 e. The van der Waals surface area contributed by atoms with Crippen molar-refractivity contribution in [2.75, 3.05) is 26.2 Å². The first kappa shape index (κ1) is 11.6. The van der Waals surface area contributed by atoms with E-state index < -0.39 is 0 Å². The number of fused-ring (bicyclic) bond motifs is 2. The van der Waals surface area contributed by atoms with Crippen LogP contribution in [-0.2, 0) is 5.54 Å². The Morgan fingerprint density at radius 1 is 1.59 bits per heavy atom. The molecular formula is C13H21N3S. The Balaban J connectivity index is 1.97. The molecular weight excluding hydrogens is 230 g/mol. The Bertz CT molecular complexity index is 403. The van der Waals surface area contributed by atoms with Crippen LogP contribution in [0.5, 0.6) is 0 Å². The van der Waals surface area contributed by atoms with Crippen LogP contribution in [0.1, 0.15) is 30.5 Å². The van der Waals surface area contributed by atoms with Gasteiger partial charge in [-0.15, -0.1) is 11.3 Å². The number of nitrogens with one attached hydrogen (secondary N) is 1. The fraction of sp³-hybridized carbons (Fsp3) is 0.769. The van der Waals surface area contributed by atoms with Gasteiger partial charge in [-0.3, -0.25) is 0 Å². The van der Waals surface area contributed by atoms with Crippen LogP contribution in [0, 0.1) is 12.8 Å². The highest BCUT2D eigenvalue weighted by atomic mass is 32.1. The lowest BCUT2D eigenvalue weighted by Gasteiger charge is -2.42. The minimum atomic E-state index is 0.167. The summed E-state index contributed by atoms with van der Waals surface area (Å²) in [6, 6.07) is 0. The van der Waals surface area contributed by atoms with Crippen molar-refractivity contribution in [3.8, 4) is 0 Å². The molecule has 2 saturated heterocycles. The van der Waals surface area contributed by atoms with Crippen LogP contribution >= 0.6 is 11.3 Å². The van der Waals surface area contributed by atoms with E-state index >= 15 is 0 Å². The molecule has 0 aliphatic carbocycles. The zero-order valence-corrected chi connectivity index (χ0v) is 11.5. The maximum atomic E-state index is 4.78. The second kappa shape index (κ2) is 4.34. The van der Waals surface area contributed by atoms with E-state index in [4.69, 9.17) is 4.98 Å². The molecule has 3 atom stereocenters. The third-order valence-electron chi connectivity index (χ3n) is 4.28. The van der Waals surface area contributed by atoms with Crippen molar-refractivity contribution in [1.82, 2.24) is 15.2 Å². The predicted molar refractivity (Wildman–Crippen MR) is 71.4 cm³/mol. The maximum absolute atomic E-state index is 4.78. The summed E-state index contributed by atoms with van der Waals surface area (Å²) in [5, 5.41) is 7.29. The lowest BCUT2D eigenvalue weighted by Crippen LogP contribution is -2.53. The third kappa shape index (κ3) is 1.83. The van der Waals surface area contributed by atoms with Gasteiger partial charge < -0.3 is 10.2 Å². The molecule has 3 heterocycles. The first-order valence-corrected chi connectivity index (χ1v) is 7.52. The normalized spacial score (nSPS) is 36.4. The summed E-state index contributed by atoms with van der Waals surface area (Å²) in [4.78, 5) is 7.38. The van der Waals surface area contributed by atoms with Gasteiger partial charge in [-0.2, -0.15) is 0 Å². The Labute approximate surface area is 107 Å². The molecule has 2 bridgehead atoms. The molecule has 2 aliphatic heterocycles. The van der Waals surface area contributed by atoms with E-state index in [2.05, 4.69) is 29.4 Å². The summed E-state index contributed by atoms with van der Waals surface area (Å²) in [7, 11) is 0. The highest BCUT2D eigenvalue weighted by molar-refractivity contribution is 7.09. The molecule has 2 aliphatic rings. The Morgan fingerprint density at radius 3 is 3.18 bits per heavy atom. The first-order valence-electron chi connectivity index (χ1n) is 6.64. The summed E-state index contributed by atoms with van der Waals surface area (Å²) in [5.74, 6) is 0.752. The Hall–Kier alpha value is -0.450. The van der Waals surface area contributed by atoms with Crippen molar-refractivity contribution in [2.45, 2.75) is 32.2 Å². The largest absolute Gasteiger partial charge is 0.305 e. The van der Waals surface area contributed by atoms with Crippen molar-refractivity contribution >= 4 is 11.3 Å². The fourth-order valence-electron chi connectivity index (χ4n) is 3.44. The molecule has 0 saturated carbocycles. The van der Waals surface area contributed by atoms with E-state index in [1.54, 1.807) is 0 Å². The van der Waals surface area contributed by atoms with Gasteiger partial charge in [0.2, 0.25) is 0 Å². The van der Waals surface area contributed by atoms with Gasteiger partial charge in [0.15, 0.2) is 0 Å². The third-order valence-corrected chi connectivity index (χ3v) is 5.42. The van der Waals surface area contributed by atoms with Gasteiger partial charge in [-0.05, 0) is 38.8 Å². The molecule has 1 aromatic heterocycles. The van der Waals surface area contributed by atoms with E-state index in [0.717, 1.165) is 12.5 Å². The first-order chi connectivity index (χ1) is 8.24. The summed E-state index contributed by atoms with van der Waals surface area (Å²) in [5.41, 5.74) is 1.34. The molecule has 0 spiro atoms. The topological polar surface area (TPSA) is 28.2 Å². The van der Waals surface area contributed by atoms with Crippen LogP contribution in [0.15, 0.2) is 5.38 Å². The monoisotopic (exact) mass is 251 g/mol. The Morgan fingerprint density at radius 2 is 2.47 bits per heavy atom. The molecule has 1 aromatic rings. The second-order valence-corrected chi connectivity index (χ2v) is 6.19. The van der Waals surface area contributed by atoms with Gasteiger partial charge >= 0.3 is 0 Å². The quantitative estimate of drug-likeness (QED) is 0.890. The van der Waals surface area contributed by atoms with E-state index in [0.29, 0.717) is 0 Å². The van der Waals surface area contributed by atoms with Crippen molar-refractivity contribution in [1.29, 1.82) is 0 Å². The van der Waals surface area contributed by atoms with Crippen LogP contribution in [0.25, 0.3) is 0 Å². The SMILES string of the molecule is CCNC1(c2nc(C)cs2)CCN2CCC1C2. The summed E-state index contributed by atoms with van der Waals surface area (Å²) >= 11 is 1.84.